The molecule has 2 aliphatic rings. The van der Waals surface area contributed by atoms with E-state index in [2.05, 4.69) is 18.2 Å². The summed E-state index contributed by atoms with van der Waals surface area (Å²) in [7, 11) is 0. The molecule has 4 nitrogen and oxygen atoms in total. The Morgan fingerprint density at radius 2 is 2.04 bits per heavy atom. The van der Waals surface area contributed by atoms with Gasteiger partial charge in [-0.1, -0.05) is 42.5 Å². The van der Waals surface area contributed by atoms with Crippen molar-refractivity contribution in [2.75, 3.05) is 0 Å². The van der Waals surface area contributed by atoms with Gasteiger partial charge in [0.1, 0.15) is 0 Å². The van der Waals surface area contributed by atoms with Gasteiger partial charge in [0, 0.05) is 18.4 Å². The summed E-state index contributed by atoms with van der Waals surface area (Å²) in [5.41, 5.74) is 5.32. The van der Waals surface area contributed by atoms with Gasteiger partial charge < -0.3 is 5.11 Å². The molecule has 2 aromatic rings. The number of hydrazone groups is 1. The second-order valence-electron chi connectivity index (χ2n) is 6.50. The number of hydrogen-bond donors (Lipinski definition) is 1. The molecule has 0 radical (unpaired) electrons. The van der Waals surface area contributed by atoms with Crippen LogP contribution in [0.4, 0.5) is 0 Å². The van der Waals surface area contributed by atoms with Crippen molar-refractivity contribution in [2.24, 2.45) is 11.0 Å². The molecule has 1 aliphatic carbocycles. The second kappa shape index (κ2) is 5.87. The Balaban J connectivity index is 1.81. The van der Waals surface area contributed by atoms with Gasteiger partial charge in [0.15, 0.2) is 0 Å². The molecule has 0 saturated heterocycles. The van der Waals surface area contributed by atoms with Crippen LogP contribution in [-0.4, -0.2) is 21.7 Å². The van der Waals surface area contributed by atoms with Gasteiger partial charge >= 0.3 is 0 Å². The van der Waals surface area contributed by atoms with Gasteiger partial charge in [0.05, 0.1) is 18.4 Å². The molecule has 0 spiro atoms. The van der Waals surface area contributed by atoms with E-state index in [9.17, 15) is 9.90 Å². The molecule has 1 amide bonds. The number of nitrogens with zero attached hydrogens (tertiary/aromatic N) is 2. The molecule has 0 bridgehead atoms. The highest BCUT2D eigenvalue weighted by molar-refractivity contribution is 6.06. The van der Waals surface area contributed by atoms with Crippen LogP contribution in [-0.2, 0) is 17.8 Å². The lowest BCUT2D eigenvalue weighted by Gasteiger charge is -2.29. The molecule has 1 N–H and O–H groups in total. The van der Waals surface area contributed by atoms with Crippen molar-refractivity contribution >= 4 is 11.6 Å². The number of carbonyl (C=O) groups is 1. The zero-order chi connectivity index (χ0) is 16.7. The van der Waals surface area contributed by atoms with E-state index >= 15 is 0 Å². The lowest BCUT2D eigenvalue weighted by Crippen LogP contribution is -2.31. The molecule has 2 atom stereocenters. The van der Waals surface area contributed by atoms with Gasteiger partial charge in [-0.25, -0.2) is 5.01 Å². The fourth-order valence-corrected chi connectivity index (χ4v) is 3.90. The first kappa shape index (κ1) is 15.1. The Labute approximate surface area is 141 Å². The summed E-state index contributed by atoms with van der Waals surface area (Å²) < 4.78 is 0. The number of aryl methyl sites for hydroxylation is 1. The zero-order valence-corrected chi connectivity index (χ0v) is 13.6. The second-order valence-corrected chi connectivity index (χ2v) is 6.50. The maximum atomic E-state index is 12.2. The first-order valence-corrected chi connectivity index (χ1v) is 8.35. The van der Waals surface area contributed by atoms with Gasteiger partial charge in [0.2, 0.25) is 5.91 Å². The lowest BCUT2D eigenvalue weighted by atomic mass is 9.77. The highest BCUT2D eigenvalue weighted by Crippen LogP contribution is 2.43. The summed E-state index contributed by atoms with van der Waals surface area (Å²) >= 11 is 0. The molecular weight excluding hydrogens is 300 g/mol. The molecule has 2 aromatic carbocycles. The summed E-state index contributed by atoms with van der Waals surface area (Å²) in [6.45, 7) is 1.59. The van der Waals surface area contributed by atoms with Gasteiger partial charge in [-0.3, -0.25) is 4.79 Å². The standard InChI is InChI=1S/C20H20N2O2/c1-13(24)22-20(16-5-3-2-4-6-16)17-10-9-15-8-7-14(12-23)11-18(15)19(17)21-22/h2-8,11,17,20,23H,9-10,12H2,1H3/t17-,20-/m0/s1. The maximum absolute atomic E-state index is 12.2. The smallest absolute Gasteiger partial charge is 0.240 e. The Hall–Kier alpha value is -2.46. The lowest BCUT2D eigenvalue weighted by molar-refractivity contribution is -0.131. The van der Waals surface area contributed by atoms with E-state index < -0.39 is 0 Å². The van der Waals surface area contributed by atoms with E-state index in [4.69, 9.17) is 5.10 Å². The molecule has 4 rings (SSSR count). The minimum atomic E-state index is -0.0374. The number of carbonyl (C=O) groups excluding carboxylic acids is 1. The predicted molar refractivity (Wildman–Crippen MR) is 92.4 cm³/mol. The Kier molecular flexibility index (Phi) is 3.69. The molecule has 0 fully saturated rings. The normalized spacial score (nSPS) is 21.9. The number of fused-ring (bicyclic) bond motifs is 3. The third kappa shape index (κ3) is 2.34. The Morgan fingerprint density at radius 3 is 2.75 bits per heavy atom. The average Bonchev–Trinajstić information content (AvgIpc) is 3.02. The van der Waals surface area contributed by atoms with E-state index in [1.54, 1.807) is 11.9 Å². The highest BCUT2D eigenvalue weighted by atomic mass is 16.3. The van der Waals surface area contributed by atoms with E-state index in [1.165, 1.54) is 5.56 Å². The van der Waals surface area contributed by atoms with Gasteiger partial charge in [0.25, 0.3) is 0 Å². The number of hydrogen-bond acceptors (Lipinski definition) is 3. The molecule has 0 unspecified atom stereocenters. The molecule has 122 valence electrons. The summed E-state index contributed by atoms with van der Waals surface area (Å²) in [5.74, 6) is 0.170. The van der Waals surface area contributed by atoms with Crippen molar-refractivity contribution in [1.82, 2.24) is 5.01 Å². The fraction of sp³-hybridized carbons (Fsp3) is 0.300. The SMILES string of the molecule is CC(=O)N1N=C2c3cc(CO)ccc3CC[C@@H]2[C@@H]1c1ccccc1. The minimum Gasteiger partial charge on any atom is -0.392 e. The number of aliphatic hydroxyl groups excluding tert-OH is 1. The van der Waals surface area contributed by atoms with Crippen molar-refractivity contribution in [3.8, 4) is 0 Å². The van der Waals surface area contributed by atoms with Crippen LogP contribution in [0.25, 0.3) is 0 Å². The van der Waals surface area contributed by atoms with Gasteiger partial charge in [-0.05, 0) is 35.6 Å². The number of benzene rings is 2. The molecular formula is C20H20N2O2. The number of amides is 1. The van der Waals surface area contributed by atoms with Crippen LogP contribution in [0.5, 0.6) is 0 Å². The number of aliphatic hydroxyl groups is 1. The summed E-state index contributed by atoms with van der Waals surface area (Å²) in [6.07, 6.45) is 1.95. The number of rotatable bonds is 2. The summed E-state index contributed by atoms with van der Waals surface area (Å²) in [5, 5.41) is 15.8. The first-order valence-electron chi connectivity index (χ1n) is 8.35. The quantitative estimate of drug-likeness (QED) is 0.924. The monoisotopic (exact) mass is 320 g/mol. The zero-order valence-electron chi connectivity index (χ0n) is 13.6. The van der Waals surface area contributed by atoms with Crippen molar-refractivity contribution in [3.63, 3.8) is 0 Å². The first-order chi connectivity index (χ1) is 11.7. The van der Waals surface area contributed by atoms with Crippen molar-refractivity contribution in [2.45, 2.75) is 32.4 Å². The third-order valence-electron chi connectivity index (χ3n) is 5.03. The van der Waals surface area contributed by atoms with E-state index in [1.807, 2.05) is 30.3 Å². The van der Waals surface area contributed by atoms with Crippen LogP contribution in [0.15, 0.2) is 53.6 Å². The predicted octanol–water partition coefficient (Wildman–Crippen LogP) is 3.05. The topological polar surface area (TPSA) is 52.9 Å². The fourth-order valence-electron chi connectivity index (χ4n) is 3.90. The van der Waals surface area contributed by atoms with Crippen molar-refractivity contribution < 1.29 is 9.90 Å². The molecule has 0 aromatic heterocycles. The van der Waals surface area contributed by atoms with Crippen molar-refractivity contribution in [1.29, 1.82) is 0 Å². The maximum Gasteiger partial charge on any atom is 0.240 e. The highest BCUT2D eigenvalue weighted by Gasteiger charge is 2.42. The third-order valence-corrected chi connectivity index (χ3v) is 5.03. The molecule has 0 saturated carbocycles. The summed E-state index contributed by atoms with van der Waals surface area (Å²) in [4.78, 5) is 12.2. The van der Waals surface area contributed by atoms with E-state index in [-0.39, 0.29) is 24.5 Å². The minimum absolute atomic E-state index is 0.0176. The van der Waals surface area contributed by atoms with Crippen LogP contribution in [0.1, 0.15) is 41.6 Å². The van der Waals surface area contributed by atoms with Crippen LogP contribution in [0, 0.1) is 5.92 Å². The Bertz CT molecular complexity index is 814. The molecule has 4 heteroatoms. The van der Waals surface area contributed by atoms with Gasteiger partial charge in [-0.15, -0.1) is 0 Å². The average molecular weight is 320 g/mol. The van der Waals surface area contributed by atoms with Crippen molar-refractivity contribution in [3.05, 3.63) is 70.8 Å². The molecule has 1 heterocycles. The summed E-state index contributed by atoms with van der Waals surface area (Å²) in [6, 6.07) is 16.2. The van der Waals surface area contributed by atoms with Crippen LogP contribution < -0.4 is 0 Å². The van der Waals surface area contributed by atoms with Crippen LogP contribution >= 0.6 is 0 Å². The van der Waals surface area contributed by atoms with Crippen LogP contribution in [0.2, 0.25) is 0 Å². The van der Waals surface area contributed by atoms with Gasteiger partial charge in [-0.2, -0.15) is 5.10 Å². The molecule has 1 aliphatic heterocycles. The Morgan fingerprint density at radius 1 is 1.25 bits per heavy atom. The van der Waals surface area contributed by atoms with E-state index in [0.29, 0.717) is 0 Å². The van der Waals surface area contributed by atoms with Crippen LogP contribution in [0.3, 0.4) is 0 Å². The molecule has 24 heavy (non-hydrogen) atoms. The van der Waals surface area contributed by atoms with E-state index in [0.717, 1.165) is 35.2 Å². The largest absolute Gasteiger partial charge is 0.392 e.